The molecule has 3 rings (SSSR count). The predicted molar refractivity (Wildman–Crippen MR) is 101 cm³/mol. The second kappa shape index (κ2) is 8.70. The summed E-state index contributed by atoms with van der Waals surface area (Å²) >= 11 is 0. The molecule has 0 N–H and O–H groups in total. The topological polar surface area (TPSA) is 77.7 Å². The smallest absolute Gasteiger partial charge is 0.260 e. The van der Waals surface area contributed by atoms with E-state index in [2.05, 4.69) is 10.1 Å². The lowest BCUT2D eigenvalue weighted by Crippen LogP contribution is -2.41. The number of benzene rings is 1. The van der Waals surface area contributed by atoms with Gasteiger partial charge in [0.05, 0.1) is 13.0 Å². The zero-order chi connectivity index (χ0) is 19.2. The number of hydrogen-bond donors (Lipinski definition) is 0. The minimum atomic E-state index is -0.0597. The van der Waals surface area contributed by atoms with Gasteiger partial charge in [-0.2, -0.15) is 4.98 Å². The number of aromatic nitrogens is 2. The molecule has 0 spiro atoms. The summed E-state index contributed by atoms with van der Waals surface area (Å²) in [5.41, 5.74) is 1.02. The second-order valence-electron chi connectivity index (χ2n) is 6.56. The third-order valence-electron chi connectivity index (χ3n) is 4.56. The van der Waals surface area contributed by atoms with Crippen molar-refractivity contribution in [3.63, 3.8) is 0 Å². The number of rotatable bonds is 6. The average Bonchev–Trinajstić information content (AvgIpc) is 3.13. The highest BCUT2D eigenvalue weighted by Gasteiger charge is 2.28. The minimum Gasteiger partial charge on any atom is -0.493 e. The molecule has 0 saturated carbocycles. The van der Waals surface area contributed by atoms with Crippen LogP contribution in [0.2, 0.25) is 0 Å². The molecule has 1 aromatic carbocycles. The Morgan fingerprint density at radius 1 is 1.41 bits per heavy atom. The van der Waals surface area contributed by atoms with Crippen molar-refractivity contribution < 1.29 is 18.8 Å². The standard InChI is InChI=1S/C20H25N3O4/c1-4-6-15-8-9-17(18(11-15)25-3)26-13-19(24)23-10-5-7-16(12-23)20-21-14(2)22-27-20/h4,6,8-9,11,16H,5,7,10,12-13H2,1-3H3/b6-4-/t16-/m0/s1. The Morgan fingerprint density at radius 2 is 2.26 bits per heavy atom. The third-order valence-corrected chi connectivity index (χ3v) is 4.56. The molecule has 7 nitrogen and oxygen atoms in total. The Labute approximate surface area is 159 Å². The number of amides is 1. The van der Waals surface area contributed by atoms with E-state index in [0.29, 0.717) is 36.3 Å². The van der Waals surface area contributed by atoms with Crippen LogP contribution in [0.5, 0.6) is 11.5 Å². The van der Waals surface area contributed by atoms with Crippen molar-refractivity contribution in [2.24, 2.45) is 0 Å². The van der Waals surface area contributed by atoms with Crippen LogP contribution < -0.4 is 9.47 Å². The predicted octanol–water partition coefficient (Wildman–Crippen LogP) is 3.20. The van der Waals surface area contributed by atoms with E-state index in [4.69, 9.17) is 14.0 Å². The van der Waals surface area contributed by atoms with Gasteiger partial charge in [-0.25, -0.2) is 0 Å². The van der Waals surface area contributed by atoms with Gasteiger partial charge in [0, 0.05) is 13.1 Å². The summed E-state index contributed by atoms with van der Waals surface area (Å²) in [5, 5.41) is 3.84. The summed E-state index contributed by atoms with van der Waals surface area (Å²) in [6.07, 6.45) is 5.77. The van der Waals surface area contributed by atoms with Crippen LogP contribution in [0.15, 0.2) is 28.8 Å². The van der Waals surface area contributed by atoms with Gasteiger partial charge in [0.15, 0.2) is 23.9 Å². The van der Waals surface area contributed by atoms with Crippen molar-refractivity contribution in [2.45, 2.75) is 32.6 Å². The Morgan fingerprint density at radius 3 is 2.96 bits per heavy atom. The van der Waals surface area contributed by atoms with Gasteiger partial charge < -0.3 is 18.9 Å². The Kier molecular flexibility index (Phi) is 6.11. The molecule has 1 aliphatic heterocycles. The first-order valence-electron chi connectivity index (χ1n) is 9.12. The van der Waals surface area contributed by atoms with E-state index in [1.165, 1.54) is 0 Å². The highest BCUT2D eigenvalue weighted by Crippen LogP contribution is 2.29. The number of piperidine rings is 1. The molecule has 1 amide bonds. The van der Waals surface area contributed by atoms with Gasteiger partial charge in [-0.15, -0.1) is 0 Å². The first kappa shape index (κ1) is 18.9. The quantitative estimate of drug-likeness (QED) is 0.776. The number of ether oxygens (including phenoxy) is 2. The van der Waals surface area contributed by atoms with Crippen molar-refractivity contribution in [2.75, 3.05) is 26.8 Å². The largest absolute Gasteiger partial charge is 0.493 e. The molecule has 0 aliphatic carbocycles. The summed E-state index contributed by atoms with van der Waals surface area (Å²) in [7, 11) is 1.59. The van der Waals surface area contributed by atoms with Gasteiger partial charge in [-0.3, -0.25) is 4.79 Å². The molecule has 2 heterocycles. The van der Waals surface area contributed by atoms with Crippen LogP contribution in [-0.4, -0.2) is 47.8 Å². The number of carbonyl (C=O) groups excluding carboxylic acids is 1. The summed E-state index contributed by atoms with van der Waals surface area (Å²) in [5.74, 6) is 2.41. The van der Waals surface area contributed by atoms with Crippen molar-refractivity contribution >= 4 is 12.0 Å². The molecular formula is C20H25N3O4. The minimum absolute atomic E-state index is 0.0328. The first-order chi connectivity index (χ1) is 13.1. The first-order valence-corrected chi connectivity index (χ1v) is 9.12. The molecule has 1 aliphatic rings. The maximum Gasteiger partial charge on any atom is 0.260 e. The monoisotopic (exact) mass is 371 g/mol. The lowest BCUT2D eigenvalue weighted by atomic mass is 9.98. The molecule has 7 heteroatoms. The lowest BCUT2D eigenvalue weighted by Gasteiger charge is -2.31. The molecule has 1 fully saturated rings. The molecule has 0 unspecified atom stereocenters. The highest BCUT2D eigenvalue weighted by atomic mass is 16.5. The fourth-order valence-electron chi connectivity index (χ4n) is 3.21. The van der Waals surface area contributed by atoms with Crippen LogP contribution in [0.4, 0.5) is 0 Å². The number of methoxy groups -OCH3 is 1. The molecule has 0 bridgehead atoms. The Hall–Kier alpha value is -2.83. The zero-order valence-electron chi connectivity index (χ0n) is 16.0. The Bertz CT molecular complexity index is 815. The maximum absolute atomic E-state index is 12.6. The van der Waals surface area contributed by atoms with E-state index in [1.807, 2.05) is 37.3 Å². The average molecular weight is 371 g/mol. The molecule has 0 radical (unpaired) electrons. The fraction of sp³-hybridized carbons (Fsp3) is 0.450. The number of allylic oxidation sites excluding steroid dienone is 1. The molecule has 144 valence electrons. The van der Waals surface area contributed by atoms with Gasteiger partial charge in [-0.05, 0) is 44.4 Å². The van der Waals surface area contributed by atoms with Crippen LogP contribution in [0.1, 0.15) is 43.0 Å². The van der Waals surface area contributed by atoms with E-state index in [1.54, 1.807) is 18.9 Å². The van der Waals surface area contributed by atoms with Crippen molar-refractivity contribution in [3.8, 4) is 11.5 Å². The fourth-order valence-corrected chi connectivity index (χ4v) is 3.21. The van der Waals surface area contributed by atoms with Gasteiger partial charge in [-0.1, -0.05) is 23.4 Å². The second-order valence-corrected chi connectivity index (χ2v) is 6.56. The van der Waals surface area contributed by atoms with Crippen molar-refractivity contribution in [3.05, 3.63) is 41.6 Å². The summed E-state index contributed by atoms with van der Waals surface area (Å²) < 4.78 is 16.4. The van der Waals surface area contributed by atoms with E-state index < -0.39 is 0 Å². The molecule has 1 atom stereocenters. The SMILES string of the molecule is C/C=C\c1ccc(OCC(=O)N2CCC[C@H](c3nc(C)no3)C2)c(OC)c1. The van der Waals surface area contributed by atoms with Gasteiger partial charge >= 0.3 is 0 Å². The number of likely N-dealkylation sites (tertiary alicyclic amines) is 1. The number of aryl methyl sites for hydroxylation is 1. The van der Waals surface area contributed by atoms with E-state index >= 15 is 0 Å². The van der Waals surface area contributed by atoms with Crippen LogP contribution in [-0.2, 0) is 4.79 Å². The van der Waals surface area contributed by atoms with Gasteiger partial charge in [0.2, 0.25) is 5.89 Å². The zero-order valence-corrected chi connectivity index (χ0v) is 16.0. The van der Waals surface area contributed by atoms with Crippen LogP contribution in [0.25, 0.3) is 6.08 Å². The molecule has 27 heavy (non-hydrogen) atoms. The molecule has 2 aromatic rings. The number of hydrogen-bond acceptors (Lipinski definition) is 6. The lowest BCUT2D eigenvalue weighted by molar-refractivity contribution is -0.134. The van der Waals surface area contributed by atoms with Crippen LogP contribution in [0, 0.1) is 6.92 Å². The molecule has 1 saturated heterocycles. The van der Waals surface area contributed by atoms with Gasteiger partial charge in [0.25, 0.3) is 5.91 Å². The molecular weight excluding hydrogens is 346 g/mol. The molecule has 1 aromatic heterocycles. The van der Waals surface area contributed by atoms with E-state index in [9.17, 15) is 4.79 Å². The highest BCUT2D eigenvalue weighted by molar-refractivity contribution is 5.78. The number of nitrogens with zero attached hydrogens (tertiary/aromatic N) is 3. The van der Waals surface area contributed by atoms with E-state index in [-0.39, 0.29) is 18.4 Å². The third kappa shape index (κ3) is 4.67. The van der Waals surface area contributed by atoms with Crippen molar-refractivity contribution in [1.82, 2.24) is 15.0 Å². The summed E-state index contributed by atoms with van der Waals surface area (Å²) in [4.78, 5) is 18.7. The summed E-state index contributed by atoms with van der Waals surface area (Å²) in [6, 6.07) is 5.63. The van der Waals surface area contributed by atoms with Gasteiger partial charge in [0.1, 0.15) is 0 Å². The van der Waals surface area contributed by atoms with E-state index in [0.717, 1.165) is 18.4 Å². The Balaban J connectivity index is 1.60. The van der Waals surface area contributed by atoms with Crippen molar-refractivity contribution in [1.29, 1.82) is 0 Å². The van der Waals surface area contributed by atoms with Crippen LogP contribution >= 0.6 is 0 Å². The van der Waals surface area contributed by atoms with Crippen LogP contribution in [0.3, 0.4) is 0 Å². The normalized spacial score (nSPS) is 17.3. The summed E-state index contributed by atoms with van der Waals surface area (Å²) in [6.45, 7) is 5.00. The maximum atomic E-state index is 12.6. The number of carbonyl (C=O) groups is 1.